The minimum Gasteiger partial charge on any atom is -0.338 e. The van der Waals surface area contributed by atoms with Gasteiger partial charge in [-0.05, 0) is 41.1 Å². The van der Waals surface area contributed by atoms with E-state index in [-0.39, 0.29) is 11.6 Å². The minimum atomic E-state index is -0.365. The molecule has 0 aliphatic carbocycles. The van der Waals surface area contributed by atoms with Crippen LogP contribution in [0, 0.1) is 18.6 Å². The number of para-hydroxylation sites is 1. The van der Waals surface area contributed by atoms with Gasteiger partial charge >= 0.3 is 0 Å². The molecule has 0 saturated heterocycles. The summed E-state index contributed by atoms with van der Waals surface area (Å²) in [7, 11) is 1.76. The highest BCUT2D eigenvalue weighted by Gasteiger charge is 2.19. The summed E-state index contributed by atoms with van der Waals surface area (Å²) < 4.78 is 29.8. The first-order chi connectivity index (χ1) is 11.0. The molecule has 0 aliphatic rings. The fraction of sp³-hybridized carbons (Fsp3) is 0.118. The highest BCUT2D eigenvalue weighted by molar-refractivity contribution is 9.10. The van der Waals surface area contributed by atoms with Crippen molar-refractivity contribution in [1.29, 1.82) is 0 Å². The van der Waals surface area contributed by atoms with Crippen LogP contribution < -0.4 is 5.32 Å². The number of nitrogens with zero attached hydrogens (tertiary/aromatic N) is 2. The van der Waals surface area contributed by atoms with Crippen molar-refractivity contribution in [2.75, 3.05) is 5.32 Å². The molecule has 0 bridgehead atoms. The van der Waals surface area contributed by atoms with Gasteiger partial charge in [0.2, 0.25) is 0 Å². The monoisotopic (exact) mass is 377 g/mol. The maximum Gasteiger partial charge on any atom is 0.146 e. The van der Waals surface area contributed by atoms with Gasteiger partial charge in [0.25, 0.3) is 0 Å². The first-order valence-corrected chi connectivity index (χ1v) is 7.78. The zero-order chi connectivity index (χ0) is 16.6. The Balaban J connectivity index is 2.16. The van der Waals surface area contributed by atoms with Gasteiger partial charge in [0.1, 0.15) is 17.5 Å². The van der Waals surface area contributed by atoms with Crippen molar-refractivity contribution in [3.63, 3.8) is 0 Å². The Hall–Kier alpha value is -2.21. The van der Waals surface area contributed by atoms with Gasteiger partial charge in [-0.1, -0.05) is 24.3 Å². The van der Waals surface area contributed by atoms with Gasteiger partial charge < -0.3 is 5.32 Å². The molecular weight excluding hydrogens is 364 g/mol. The fourth-order valence-electron chi connectivity index (χ4n) is 2.51. The molecule has 0 spiro atoms. The van der Waals surface area contributed by atoms with Crippen LogP contribution in [0.4, 0.5) is 20.3 Å². The summed E-state index contributed by atoms with van der Waals surface area (Å²) in [6.45, 7) is 1.83. The van der Waals surface area contributed by atoms with Gasteiger partial charge in [-0.3, -0.25) is 4.68 Å². The molecule has 0 unspecified atom stereocenters. The SMILES string of the molecule is Cc1nn(C)c(Nc2ccccc2F)c1-c1cccc(F)c1Br. The van der Waals surface area contributed by atoms with Gasteiger partial charge in [0.05, 0.1) is 15.9 Å². The summed E-state index contributed by atoms with van der Waals surface area (Å²) in [5.41, 5.74) is 2.44. The lowest BCUT2D eigenvalue weighted by Crippen LogP contribution is -2.02. The first-order valence-electron chi connectivity index (χ1n) is 6.98. The Labute approximate surface area is 141 Å². The third-order valence-electron chi connectivity index (χ3n) is 3.57. The van der Waals surface area contributed by atoms with Crippen LogP contribution in [-0.4, -0.2) is 9.78 Å². The van der Waals surface area contributed by atoms with E-state index in [9.17, 15) is 8.78 Å². The van der Waals surface area contributed by atoms with Gasteiger partial charge in [0.15, 0.2) is 0 Å². The third-order valence-corrected chi connectivity index (χ3v) is 4.38. The smallest absolute Gasteiger partial charge is 0.146 e. The van der Waals surface area contributed by atoms with Crippen molar-refractivity contribution < 1.29 is 8.78 Å². The predicted molar refractivity (Wildman–Crippen MR) is 90.7 cm³/mol. The topological polar surface area (TPSA) is 29.9 Å². The Morgan fingerprint density at radius 2 is 1.74 bits per heavy atom. The summed E-state index contributed by atoms with van der Waals surface area (Å²) in [4.78, 5) is 0. The molecule has 3 nitrogen and oxygen atoms in total. The van der Waals surface area contributed by atoms with E-state index < -0.39 is 0 Å². The van der Waals surface area contributed by atoms with E-state index in [4.69, 9.17) is 0 Å². The number of rotatable bonds is 3. The van der Waals surface area contributed by atoms with E-state index in [1.54, 1.807) is 42.1 Å². The summed E-state index contributed by atoms with van der Waals surface area (Å²) >= 11 is 3.28. The quantitative estimate of drug-likeness (QED) is 0.681. The number of aromatic nitrogens is 2. The highest BCUT2D eigenvalue weighted by Crippen LogP contribution is 2.38. The van der Waals surface area contributed by atoms with Gasteiger partial charge in [-0.2, -0.15) is 5.10 Å². The van der Waals surface area contributed by atoms with E-state index in [2.05, 4.69) is 26.3 Å². The van der Waals surface area contributed by atoms with Crippen LogP contribution in [0.2, 0.25) is 0 Å². The molecule has 1 N–H and O–H groups in total. The van der Waals surface area contributed by atoms with Crippen molar-refractivity contribution in [3.8, 4) is 11.1 Å². The molecule has 23 heavy (non-hydrogen) atoms. The number of hydrogen-bond donors (Lipinski definition) is 1. The number of hydrogen-bond acceptors (Lipinski definition) is 2. The Bertz CT molecular complexity index is 874. The normalized spacial score (nSPS) is 10.8. The van der Waals surface area contributed by atoms with Crippen molar-refractivity contribution in [1.82, 2.24) is 9.78 Å². The molecule has 0 saturated carbocycles. The number of aryl methyl sites for hydroxylation is 2. The largest absolute Gasteiger partial charge is 0.338 e. The first kappa shape index (κ1) is 15.7. The predicted octanol–water partition coefficient (Wildman–Crippen LogP) is 5.18. The molecule has 1 aromatic heterocycles. The van der Waals surface area contributed by atoms with Crippen LogP contribution in [0.15, 0.2) is 46.9 Å². The van der Waals surface area contributed by atoms with E-state index in [0.717, 1.165) is 11.3 Å². The lowest BCUT2D eigenvalue weighted by atomic mass is 10.1. The van der Waals surface area contributed by atoms with Crippen LogP contribution in [0.5, 0.6) is 0 Å². The average molecular weight is 378 g/mol. The lowest BCUT2D eigenvalue weighted by Gasteiger charge is -2.12. The maximum absolute atomic E-state index is 13.9. The van der Waals surface area contributed by atoms with E-state index in [1.807, 2.05) is 6.92 Å². The van der Waals surface area contributed by atoms with Crippen LogP contribution in [-0.2, 0) is 7.05 Å². The number of anilines is 2. The van der Waals surface area contributed by atoms with Gasteiger partial charge in [0, 0.05) is 18.2 Å². The standard InChI is InChI=1S/C17H14BrF2N3/c1-10-15(11-6-5-8-13(20)16(11)18)17(23(2)22-10)21-14-9-4-3-7-12(14)19/h3-9,21H,1-2H3. The van der Waals surface area contributed by atoms with E-state index in [1.165, 1.54) is 12.1 Å². The molecule has 3 aromatic rings. The van der Waals surface area contributed by atoms with Crippen molar-refractivity contribution in [2.24, 2.45) is 7.05 Å². The molecule has 2 aromatic carbocycles. The molecule has 0 aliphatic heterocycles. The molecule has 3 rings (SSSR count). The van der Waals surface area contributed by atoms with E-state index in [0.29, 0.717) is 21.5 Å². The van der Waals surface area contributed by atoms with Crippen LogP contribution in [0.1, 0.15) is 5.69 Å². The van der Waals surface area contributed by atoms with Crippen LogP contribution in [0.25, 0.3) is 11.1 Å². The Morgan fingerprint density at radius 3 is 2.48 bits per heavy atom. The van der Waals surface area contributed by atoms with Crippen molar-refractivity contribution in [2.45, 2.75) is 6.92 Å². The summed E-state index contributed by atoms with van der Waals surface area (Å²) in [5, 5.41) is 7.43. The van der Waals surface area contributed by atoms with Crippen molar-refractivity contribution in [3.05, 3.63) is 64.3 Å². The fourth-order valence-corrected chi connectivity index (χ4v) is 2.97. The summed E-state index contributed by atoms with van der Waals surface area (Å²) in [5.74, 6) is -0.128. The molecule has 0 radical (unpaired) electrons. The third kappa shape index (κ3) is 2.86. The average Bonchev–Trinajstić information content (AvgIpc) is 2.79. The molecule has 0 fully saturated rings. The zero-order valence-electron chi connectivity index (χ0n) is 12.6. The Kier molecular flexibility index (Phi) is 4.17. The second-order valence-electron chi connectivity index (χ2n) is 5.14. The summed E-state index contributed by atoms with van der Waals surface area (Å²) in [6.07, 6.45) is 0. The maximum atomic E-state index is 13.9. The van der Waals surface area contributed by atoms with E-state index >= 15 is 0 Å². The van der Waals surface area contributed by atoms with Crippen LogP contribution >= 0.6 is 15.9 Å². The Morgan fingerprint density at radius 1 is 1.04 bits per heavy atom. The molecule has 0 atom stereocenters. The minimum absolute atomic E-state index is 0.337. The molecule has 6 heteroatoms. The second kappa shape index (κ2) is 6.12. The number of nitrogens with one attached hydrogen (secondary N) is 1. The van der Waals surface area contributed by atoms with Gasteiger partial charge in [-0.15, -0.1) is 0 Å². The molecule has 1 heterocycles. The second-order valence-corrected chi connectivity index (χ2v) is 5.93. The van der Waals surface area contributed by atoms with Crippen molar-refractivity contribution >= 4 is 27.4 Å². The summed E-state index contributed by atoms with van der Waals surface area (Å²) in [6, 6.07) is 11.2. The van der Waals surface area contributed by atoms with Gasteiger partial charge in [-0.25, -0.2) is 8.78 Å². The highest BCUT2D eigenvalue weighted by atomic mass is 79.9. The molecular formula is C17H14BrF2N3. The van der Waals surface area contributed by atoms with Crippen LogP contribution in [0.3, 0.4) is 0 Å². The number of benzene rings is 2. The molecule has 118 valence electrons. The molecule has 0 amide bonds. The lowest BCUT2D eigenvalue weighted by molar-refractivity contribution is 0.622. The zero-order valence-corrected chi connectivity index (χ0v) is 14.2. The number of halogens is 3.